The Morgan fingerprint density at radius 2 is 2.03 bits per heavy atom. The first-order valence-corrected chi connectivity index (χ1v) is 9.57. The van der Waals surface area contributed by atoms with Gasteiger partial charge in [0.25, 0.3) is 18.1 Å². The number of nitrogens with zero attached hydrogens (tertiary/aromatic N) is 6. The highest BCUT2D eigenvalue weighted by Crippen LogP contribution is 2.34. The third-order valence-corrected chi connectivity index (χ3v) is 5.72. The molecule has 29 heavy (non-hydrogen) atoms. The van der Waals surface area contributed by atoms with Crippen molar-refractivity contribution in [1.29, 1.82) is 0 Å². The van der Waals surface area contributed by atoms with Gasteiger partial charge in [-0.15, -0.1) is 0 Å². The molecule has 4 rings (SSSR count). The molecule has 4 heterocycles. The molecule has 0 saturated carbocycles. The van der Waals surface area contributed by atoms with Crippen molar-refractivity contribution >= 4 is 11.7 Å². The van der Waals surface area contributed by atoms with Gasteiger partial charge in [0, 0.05) is 24.7 Å². The van der Waals surface area contributed by atoms with Gasteiger partial charge < -0.3 is 4.90 Å². The monoisotopic (exact) mass is 400 g/mol. The number of amides is 1. The average Bonchev–Trinajstić information content (AvgIpc) is 3.18. The van der Waals surface area contributed by atoms with Crippen LogP contribution < -0.4 is 0 Å². The summed E-state index contributed by atoms with van der Waals surface area (Å²) in [5.41, 5.74) is 2.51. The van der Waals surface area contributed by atoms with E-state index in [0.29, 0.717) is 24.5 Å². The van der Waals surface area contributed by atoms with Crippen LogP contribution >= 0.6 is 0 Å². The van der Waals surface area contributed by atoms with Crippen molar-refractivity contribution in [2.45, 2.75) is 39.5 Å². The van der Waals surface area contributed by atoms with Crippen molar-refractivity contribution in [2.24, 2.45) is 5.92 Å². The van der Waals surface area contributed by atoms with Crippen molar-refractivity contribution in [3.63, 3.8) is 0 Å². The van der Waals surface area contributed by atoms with Crippen LogP contribution in [0, 0.1) is 19.8 Å². The van der Waals surface area contributed by atoms with Crippen LogP contribution in [0.2, 0.25) is 0 Å². The molecule has 9 heteroatoms. The van der Waals surface area contributed by atoms with Crippen molar-refractivity contribution in [2.75, 3.05) is 13.1 Å². The van der Waals surface area contributed by atoms with Crippen LogP contribution in [-0.2, 0) is 0 Å². The van der Waals surface area contributed by atoms with Gasteiger partial charge in [0.05, 0.1) is 5.69 Å². The Balaban J connectivity index is 1.68. The predicted molar refractivity (Wildman–Crippen MR) is 102 cm³/mol. The van der Waals surface area contributed by atoms with E-state index in [1.54, 1.807) is 11.0 Å². The Labute approximate surface area is 166 Å². The van der Waals surface area contributed by atoms with E-state index in [0.717, 1.165) is 17.7 Å². The number of aromatic nitrogens is 5. The lowest BCUT2D eigenvalue weighted by Gasteiger charge is -2.37. The number of hydrogen-bond acceptors (Lipinski definition) is 5. The Morgan fingerprint density at radius 3 is 2.76 bits per heavy atom. The second-order valence-electron chi connectivity index (χ2n) is 7.60. The van der Waals surface area contributed by atoms with E-state index in [1.165, 1.54) is 16.9 Å². The fourth-order valence-electron chi connectivity index (χ4n) is 3.78. The number of likely N-dealkylation sites (tertiary alicyclic amines) is 1. The summed E-state index contributed by atoms with van der Waals surface area (Å²) in [6.07, 6.45) is -0.646. The van der Waals surface area contributed by atoms with Gasteiger partial charge in [-0.25, -0.2) is 23.3 Å². The molecule has 1 aliphatic rings. The minimum atomic E-state index is -2.70. The van der Waals surface area contributed by atoms with E-state index in [2.05, 4.69) is 27.0 Å². The summed E-state index contributed by atoms with van der Waals surface area (Å²) in [6, 6.07) is 5.00. The molecular formula is C20H22F2N6O. The van der Waals surface area contributed by atoms with Gasteiger partial charge in [-0.05, 0) is 43.9 Å². The Bertz CT molecular complexity index is 1070. The largest absolute Gasteiger partial charge is 0.337 e. The fraction of sp³-hybridized carbons (Fsp3) is 0.450. The molecule has 0 aromatic carbocycles. The molecule has 0 N–H and O–H groups in total. The zero-order valence-corrected chi connectivity index (χ0v) is 16.5. The SMILES string of the molecule is Cc1ccc(C(=O)N2CCC(C)[C@H](c3cc(C(F)F)nc4ncnn34)C2)nc1C. The molecule has 1 fully saturated rings. The number of aryl methyl sites for hydroxylation is 2. The highest BCUT2D eigenvalue weighted by molar-refractivity contribution is 5.92. The van der Waals surface area contributed by atoms with Crippen LogP contribution in [-0.4, -0.2) is 48.5 Å². The maximum atomic E-state index is 13.3. The zero-order chi connectivity index (χ0) is 20.7. The average molecular weight is 400 g/mol. The van der Waals surface area contributed by atoms with Gasteiger partial charge in [-0.3, -0.25) is 4.79 Å². The van der Waals surface area contributed by atoms with E-state index in [1.807, 2.05) is 19.9 Å². The molecule has 1 aliphatic heterocycles. The predicted octanol–water partition coefficient (Wildman–Crippen LogP) is 3.34. The maximum absolute atomic E-state index is 13.3. The maximum Gasteiger partial charge on any atom is 0.280 e. The number of alkyl halides is 2. The summed E-state index contributed by atoms with van der Waals surface area (Å²) in [4.78, 5) is 27.1. The molecule has 3 aromatic rings. The summed E-state index contributed by atoms with van der Waals surface area (Å²) in [7, 11) is 0. The van der Waals surface area contributed by atoms with E-state index in [-0.39, 0.29) is 29.2 Å². The first kappa shape index (κ1) is 19.4. The number of hydrogen-bond donors (Lipinski definition) is 0. The molecule has 152 valence electrons. The van der Waals surface area contributed by atoms with Crippen LogP contribution in [0.25, 0.3) is 5.78 Å². The van der Waals surface area contributed by atoms with Crippen LogP contribution in [0.1, 0.15) is 58.8 Å². The lowest BCUT2D eigenvalue weighted by molar-refractivity contribution is 0.0659. The number of halogens is 2. The number of pyridine rings is 1. The molecule has 0 bridgehead atoms. The highest BCUT2D eigenvalue weighted by atomic mass is 19.3. The molecule has 2 atom stereocenters. The fourth-order valence-corrected chi connectivity index (χ4v) is 3.78. The second kappa shape index (κ2) is 7.46. The van der Waals surface area contributed by atoms with E-state index in [9.17, 15) is 13.6 Å². The van der Waals surface area contributed by atoms with Gasteiger partial charge in [-0.2, -0.15) is 10.1 Å². The summed E-state index contributed by atoms with van der Waals surface area (Å²) < 4.78 is 28.2. The third-order valence-electron chi connectivity index (χ3n) is 5.72. The molecule has 3 aromatic heterocycles. The van der Waals surface area contributed by atoms with Gasteiger partial charge in [0.15, 0.2) is 0 Å². The molecule has 1 amide bonds. The lowest BCUT2D eigenvalue weighted by atomic mass is 9.84. The zero-order valence-electron chi connectivity index (χ0n) is 16.5. The normalized spacial score (nSPS) is 19.9. The molecule has 0 aliphatic carbocycles. The van der Waals surface area contributed by atoms with Crippen molar-refractivity contribution in [3.8, 4) is 0 Å². The molecule has 1 unspecified atom stereocenters. The topological polar surface area (TPSA) is 76.3 Å². The molecular weight excluding hydrogens is 378 g/mol. The number of carbonyl (C=O) groups is 1. The van der Waals surface area contributed by atoms with Crippen LogP contribution in [0.15, 0.2) is 24.5 Å². The number of fused-ring (bicyclic) bond motifs is 1. The number of piperidine rings is 1. The van der Waals surface area contributed by atoms with Crippen molar-refractivity contribution in [3.05, 3.63) is 52.9 Å². The summed E-state index contributed by atoms with van der Waals surface area (Å²) in [6.45, 7) is 6.88. The molecule has 0 radical (unpaired) electrons. The van der Waals surface area contributed by atoms with E-state index < -0.39 is 6.43 Å². The van der Waals surface area contributed by atoms with E-state index >= 15 is 0 Å². The lowest BCUT2D eigenvalue weighted by Crippen LogP contribution is -2.43. The summed E-state index contributed by atoms with van der Waals surface area (Å²) in [5, 5.41) is 4.16. The second-order valence-corrected chi connectivity index (χ2v) is 7.60. The molecule has 7 nitrogen and oxygen atoms in total. The number of rotatable bonds is 3. The summed E-state index contributed by atoms with van der Waals surface area (Å²) in [5.74, 6) is 0.0169. The van der Waals surface area contributed by atoms with Crippen LogP contribution in [0.5, 0.6) is 0 Å². The first-order valence-electron chi connectivity index (χ1n) is 9.57. The third kappa shape index (κ3) is 3.56. The Morgan fingerprint density at radius 1 is 1.24 bits per heavy atom. The first-order chi connectivity index (χ1) is 13.8. The summed E-state index contributed by atoms with van der Waals surface area (Å²) >= 11 is 0. The minimum absolute atomic E-state index is 0.143. The van der Waals surface area contributed by atoms with Crippen LogP contribution in [0.4, 0.5) is 8.78 Å². The number of carbonyl (C=O) groups excluding carboxylic acids is 1. The minimum Gasteiger partial charge on any atom is -0.337 e. The quantitative estimate of drug-likeness (QED) is 0.674. The highest BCUT2D eigenvalue weighted by Gasteiger charge is 2.33. The smallest absolute Gasteiger partial charge is 0.280 e. The van der Waals surface area contributed by atoms with Crippen molar-refractivity contribution < 1.29 is 13.6 Å². The van der Waals surface area contributed by atoms with Crippen molar-refractivity contribution in [1.82, 2.24) is 29.5 Å². The van der Waals surface area contributed by atoms with Crippen LogP contribution in [0.3, 0.4) is 0 Å². The molecule has 1 saturated heterocycles. The van der Waals surface area contributed by atoms with Gasteiger partial charge >= 0.3 is 0 Å². The van der Waals surface area contributed by atoms with E-state index in [4.69, 9.17) is 0 Å². The van der Waals surface area contributed by atoms with Gasteiger partial charge in [0.2, 0.25) is 0 Å². The van der Waals surface area contributed by atoms with Gasteiger partial charge in [-0.1, -0.05) is 13.0 Å². The molecule has 0 spiro atoms. The van der Waals surface area contributed by atoms with Gasteiger partial charge in [0.1, 0.15) is 17.7 Å². The standard InChI is InChI=1S/C20H22F2N6O/c1-11-4-5-15(25-13(11)3)19(29)27-7-6-12(2)14(9-27)17-8-16(18(21)22)26-20-23-10-24-28(17)20/h4-5,8,10,12,14,18H,6-7,9H2,1-3H3/t12?,14-/m1/s1. The Hall–Kier alpha value is -2.97. The Kier molecular flexibility index (Phi) is 4.97.